The average molecular weight is 493 g/mol. The van der Waals surface area contributed by atoms with E-state index in [1.54, 1.807) is 23.5 Å². The second-order valence-electron chi connectivity index (χ2n) is 8.41. The number of thiocarbonyl (C=S) groups is 1. The molecule has 2 aromatic carbocycles. The SMILES string of the molecule is Cc1onc(-c2ccccc2)c1-c1csc(C2CCN(C(=S)NCc3ccccc3F)CC2)n1. The highest BCUT2D eigenvalue weighted by Crippen LogP contribution is 2.37. The van der Waals surface area contributed by atoms with E-state index >= 15 is 0 Å². The second kappa shape index (κ2) is 10.0. The molecule has 0 bridgehead atoms. The summed E-state index contributed by atoms with van der Waals surface area (Å²) in [6.07, 6.45) is 1.95. The highest BCUT2D eigenvalue weighted by atomic mass is 32.1. The van der Waals surface area contributed by atoms with Crippen LogP contribution in [0.2, 0.25) is 0 Å². The van der Waals surface area contributed by atoms with Gasteiger partial charge in [0.15, 0.2) is 5.11 Å². The van der Waals surface area contributed by atoms with Gasteiger partial charge in [-0.15, -0.1) is 11.3 Å². The zero-order chi connectivity index (χ0) is 23.5. The van der Waals surface area contributed by atoms with Crippen LogP contribution in [-0.2, 0) is 6.54 Å². The number of rotatable bonds is 5. The van der Waals surface area contributed by atoms with Crippen molar-refractivity contribution in [1.82, 2.24) is 20.4 Å². The molecule has 0 amide bonds. The van der Waals surface area contributed by atoms with Crippen molar-refractivity contribution in [1.29, 1.82) is 0 Å². The molecule has 1 aliphatic rings. The van der Waals surface area contributed by atoms with Crippen molar-refractivity contribution >= 4 is 28.7 Å². The monoisotopic (exact) mass is 492 g/mol. The van der Waals surface area contributed by atoms with Crippen LogP contribution in [-0.4, -0.2) is 33.2 Å². The molecule has 3 heterocycles. The molecule has 1 saturated heterocycles. The first-order valence-corrected chi connectivity index (χ1v) is 12.6. The highest BCUT2D eigenvalue weighted by molar-refractivity contribution is 7.80. The summed E-state index contributed by atoms with van der Waals surface area (Å²) in [5, 5.41) is 11.4. The maximum Gasteiger partial charge on any atom is 0.169 e. The van der Waals surface area contributed by atoms with E-state index in [0.717, 1.165) is 59.2 Å². The number of piperidine rings is 1. The smallest absolute Gasteiger partial charge is 0.169 e. The molecule has 2 aromatic heterocycles. The molecule has 4 aromatic rings. The van der Waals surface area contributed by atoms with Crippen molar-refractivity contribution in [2.75, 3.05) is 13.1 Å². The molecule has 8 heteroatoms. The molecule has 0 unspecified atom stereocenters. The van der Waals surface area contributed by atoms with Gasteiger partial charge in [0, 0.05) is 42.1 Å². The van der Waals surface area contributed by atoms with Gasteiger partial charge in [-0.25, -0.2) is 9.37 Å². The Kier molecular flexibility index (Phi) is 6.69. The van der Waals surface area contributed by atoms with Gasteiger partial charge in [-0.3, -0.25) is 0 Å². The zero-order valence-electron chi connectivity index (χ0n) is 18.8. The van der Waals surface area contributed by atoms with Gasteiger partial charge in [-0.1, -0.05) is 53.7 Å². The van der Waals surface area contributed by atoms with Gasteiger partial charge in [0.25, 0.3) is 0 Å². The minimum Gasteiger partial charge on any atom is -0.360 e. The summed E-state index contributed by atoms with van der Waals surface area (Å²) in [5.41, 5.74) is 4.35. The van der Waals surface area contributed by atoms with E-state index in [2.05, 4.69) is 20.8 Å². The molecule has 174 valence electrons. The Morgan fingerprint density at radius 2 is 1.88 bits per heavy atom. The van der Waals surface area contributed by atoms with Crippen LogP contribution in [0.15, 0.2) is 64.5 Å². The van der Waals surface area contributed by atoms with Crippen molar-refractivity contribution in [2.24, 2.45) is 0 Å². The predicted octanol–water partition coefficient (Wildman–Crippen LogP) is 6.17. The number of nitrogens with one attached hydrogen (secondary N) is 1. The fourth-order valence-electron chi connectivity index (χ4n) is 4.31. The number of halogens is 1. The van der Waals surface area contributed by atoms with E-state index in [0.29, 0.717) is 23.1 Å². The number of hydrogen-bond donors (Lipinski definition) is 1. The summed E-state index contributed by atoms with van der Waals surface area (Å²) >= 11 is 7.26. The predicted molar refractivity (Wildman–Crippen MR) is 137 cm³/mol. The number of nitrogens with zero attached hydrogens (tertiary/aromatic N) is 3. The van der Waals surface area contributed by atoms with E-state index in [4.69, 9.17) is 21.7 Å². The number of thiazole rings is 1. The first kappa shape index (κ1) is 22.7. The Bertz CT molecular complexity index is 1280. The summed E-state index contributed by atoms with van der Waals surface area (Å²) < 4.78 is 19.4. The van der Waals surface area contributed by atoms with Crippen molar-refractivity contribution in [2.45, 2.75) is 32.2 Å². The fraction of sp³-hybridized carbons (Fsp3) is 0.269. The fourth-order valence-corrected chi connectivity index (χ4v) is 5.55. The molecule has 34 heavy (non-hydrogen) atoms. The van der Waals surface area contributed by atoms with E-state index < -0.39 is 0 Å². The van der Waals surface area contributed by atoms with Gasteiger partial charge in [0.1, 0.15) is 17.3 Å². The molecule has 1 fully saturated rings. The van der Waals surface area contributed by atoms with Crippen molar-refractivity contribution < 1.29 is 8.91 Å². The standard InChI is InChI=1S/C26H25FN4OS2/c1-17-23(24(30-32-17)18-7-3-2-4-8-18)22-16-34-25(29-22)19-11-13-31(14-12-19)26(33)28-15-20-9-5-6-10-21(20)27/h2-10,16,19H,11-15H2,1H3,(H,28,33). The van der Waals surface area contributed by atoms with Crippen molar-refractivity contribution in [3.05, 3.63) is 82.1 Å². The van der Waals surface area contributed by atoms with Crippen LogP contribution in [0.5, 0.6) is 0 Å². The van der Waals surface area contributed by atoms with Gasteiger partial charge in [-0.05, 0) is 38.0 Å². The molecular weight excluding hydrogens is 467 g/mol. The molecule has 0 spiro atoms. The first-order chi connectivity index (χ1) is 16.6. The van der Waals surface area contributed by atoms with Crippen molar-refractivity contribution in [3.63, 3.8) is 0 Å². The molecule has 0 atom stereocenters. The number of aromatic nitrogens is 2. The molecule has 5 rings (SSSR count). The van der Waals surface area contributed by atoms with Crippen LogP contribution in [0, 0.1) is 12.7 Å². The van der Waals surface area contributed by atoms with Crippen LogP contribution in [0.3, 0.4) is 0 Å². The molecule has 1 aliphatic heterocycles. The molecule has 5 nitrogen and oxygen atoms in total. The van der Waals surface area contributed by atoms with Gasteiger partial charge < -0.3 is 14.7 Å². The number of likely N-dealkylation sites (tertiary alicyclic amines) is 1. The second-order valence-corrected chi connectivity index (χ2v) is 9.69. The third-order valence-corrected chi connectivity index (χ3v) is 7.62. The minimum atomic E-state index is -0.213. The van der Waals surface area contributed by atoms with Gasteiger partial charge >= 0.3 is 0 Å². The Labute approximate surface area is 207 Å². The Morgan fingerprint density at radius 1 is 1.15 bits per heavy atom. The molecule has 0 aliphatic carbocycles. The number of hydrogen-bond acceptors (Lipinski definition) is 5. The lowest BCUT2D eigenvalue weighted by molar-refractivity contribution is 0.309. The lowest BCUT2D eigenvalue weighted by atomic mass is 9.97. The lowest BCUT2D eigenvalue weighted by Crippen LogP contribution is -2.43. The molecule has 1 N–H and O–H groups in total. The first-order valence-electron chi connectivity index (χ1n) is 11.3. The zero-order valence-corrected chi connectivity index (χ0v) is 20.5. The van der Waals surface area contributed by atoms with Gasteiger partial charge in [0.05, 0.1) is 16.3 Å². The van der Waals surface area contributed by atoms with Crippen LogP contribution in [0.4, 0.5) is 4.39 Å². The van der Waals surface area contributed by atoms with Gasteiger partial charge in [0.2, 0.25) is 0 Å². The van der Waals surface area contributed by atoms with Crippen molar-refractivity contribution in [3.8, 4) is 22.5 Å². The summed E-state index contributed by atoms with van der Waals surface area (Å²) in [4.78, 5) is 7.15. The Balaban J connectivity index is 1.22. The summed E-state index contributed by atoms with van der Waals surface area (Å²) in [6.45, 7) is 4.03. The Hall–Kier alpha value is -3.10. The van der Waals surface area contributed by atoms with E-state index in [1.165, 1.54) is 6.07 Å². The van der Waals surface area contributed by atoms with Crippen LogP contribution in [0.1, 0.15) is 35.1 Å². The third kappa shape index (κ3) is 4.74. The number of benzene rings is 2. The maximum absolute atomic E-state index is 13.9. The van der Waals surface area contributed by atoms with Crippen LogP contribution in [0.25, 0.3) is 22.5 Å². The quantitative estimate of drug-likeness (QED) is 0.337. The largest absolute Gasteiger partial charge is 0.360 e. The third-order valence-electron chi connectivity index (χ3n) is 6.21. The van der Waals surface area contributed by atoms with Crippen LogP contribution < -0.4 is 5.32 Å². The number of aryl methyl sites for hydroxylation is 1. The molecule has 0 radical (unpaired) electrons. The molecular formula is C26H25FN4OS2. The topological polar surface area (TPSA) is 54.2 Å². The molecule has 0 saturated carbocycles. The average Bonchev–Trinajstić information content (AvgIpc) is 3.50. The van der Waals surface area contributed by atoms with Gasteiger partial charge in [-0.2, -0.15) is 0 Å². The van der Waals surface area contributed by atoms with E-state index in [1.807, 2.05) is 43.3 Å². The van der Waals surface area contributed by atoms with E-state index in [9.17, 15) is 4.39 Å². The summed E-state index contributed by atoms with van der Waals surface area (Å²) in [5.74, 6) is 0.955. The minimum absolute atomic E-state index is 0.213. The maximum atomic E-state index is 13.9. The summed E-state index contributed by atoms with van der Waals surface area (Å²) in [7, 11) is 0. The lowest BCUT2D eigenvalue weighted by Gasteiger charge is -2.33. The van der Waals surface area contributed by atoms with E-state index in [-0.39, 0.29) is 5.82 Å². The Morgan fingerprint density at radius 3 is 2.65 bits per heavy atom. The normalized spacial score (nSPS) is 14.4. The highest BCUT2D eigenvalue weighted by Gasteiger charge is 2.26. The van der Waals surface area contributed by atoms with Crippen LogP contribution >= 0.6 is 23.6 Å². The summed E-state index contributed by atoms with van der Waals surface area (Å²) in [6, 6.07) is 16.8.